The summed E-state index contributed by atoms with van der Waals surface area (Å²) < 4.78 is 0. The van der Waals surface area contributed by atoms with Crippen molar-refractivity contribution in [3.05, 3.63) is 105 Å². The van der Waals surface area contributed by atoms with Crippen LogP contribution in [0.4, 0.5) is 0 Å². The lowest BCUT2D eigenvalue weighted by Crippen LogP contribution is -2.46. The standard InChI is InChI=1S/C24H18Cl2N2O3/c25-19-9-10-20(21(26)13-19)23(29)28(15-18-8-4-7-17(11-18)14-27)22(24(30)31)12-16-5-2-1-3-6-16/h1-11,13,22H,12,15H2,(H,30,31). The first-order valence-electron chi connectivity index (χ1n) is 9.41. The monoisotopic (exact) mass is 452 g/mol. The zero-order chi connectivity index (χ0) is 22.4. The van der Waals surface area contributed by atoms with Crippen LogP contribution in [0.1, 0.15) is 27.0 Å². The molecule has 0 radical (unpaired) electrons. The summed E-state index contributed by atoms with van der Waals surface area (Å²) in [6.45, 7) is -0.00287. The van der Waals surface area contributed by atoms with Crippen LogP contribution >= 0.6 is 23.2 Å². The highest BCUT2D eigenvalue weighted by Gasteiger charge is 2.31. The Bertz CT molecular complexity index is 1140. The second kappa shape index (κ2) is 10.1. The van der Waals surface area contributed by atoms with Crippen LogP contribution in [0, 0.1) is 11.3 Å². The summed E-state index contributed by atoms with van der Waals surface area (Å²) in [4.78, 5) is 26.9. The van der Waals surface area contributed by atoms with Gasteiger partial charge >= 0.3 is 5.97 Å². The van der Waals surface area contributed by atoms with Gasteiger partial charge in [-0.2, -0.15) is 5.26 Å². The highest BCUT2D eigenvalue weighted by atomic mass is 35.5. The minimum Gasteiger partial charge on any atom is -0.480 e. The zero-order valence-corrected chi connectivity index (χ0v) is 17.8. The van der Waals surface area contributed by atoms with E-state index in [1.54, 1.807) is 24.3 Å². The fraction of sp³-hybridized carbons (Fsp3) is 0.125. The number of amides is 1. The second-order valence-corrected chi connectivity index (χ2v) is 7.76. The molecule has 0 aliphatic heterocycles. The number of nitrogens with zero attached hydrogens (tertiary/aromatic N) is 2. The highest BCUT2D eigenvalue weighted by Crippen LogP contribution is 2.25. The number of hydrogen-bond acceptors (Lipinski definition) is 3. The Labute approximate surface area is 190 Å². The predicted octanol–water partition coefficient (Wildman–Crippen LogP) is 5.20. The van der Waals surface area contributed by atoms with Gasteiger partial charge in [-0.25, -0.2) is 4.79 Å². The highest BCUT2D eigenvalue weighted by molar-refractivity contribution is 6.36. The first-order chi connectivity index (χ1) is 14.9. The normalized spacial score (nSPS) is 11.4. The van der Waals surface area contributed by atoms with Gasteiger partial charge in [0.15, 0.2) is 0 Å². The first kappa shape index (κ1) is 22.4. The topological polar surface area (TPSA) is 81.4 Å². The molecule has 0 fully saturated rings. The lowest BCUT2D eigenvalue weighted by atomic mass is 10.0. The Morgan fingerprint density at radius 1 is 0.968 bits per heavy atom. The molecule has 1 N–H and O–H groups in total. The van der Waals surface area contributed by atoms with Gasteiger partial charge in [0.25, 0.3) is 5.91 Å². The van der Waals surface area contributed by atoms with Gasteiger partial charge < -0.3 is 10.0 Å². The van der Waals surface area contributed by atoms with Crippen molar-refractivity contribution in [2.75, 3.05) is 0 Å². The van der Waals surface area contributed by atoms with Crippen LogP contribution in [0.3, 0.4) is 0 Å². The van der Waals surface area contributed by atoms with E-state index in [1.807, 2.05) is 30.3 Å². The van der Waals surface area contributed by atoms with Crippen LogP contribution in [0.5, 0.6) is 0 Å². The Kier molecular flexibility index (Phi) is 7.30. The molecular weight excluding hydrogens is 435 g/mol. The third kappa shape index (κ3) is 5.64. The van der Waals surface area contributed by atoms with E-state index in [0.717, 1.165) is 5.56 Å². The molecule has 7 heteroatoms. The van der Waals surface area contributed by atoms with Crippen LogP contribution in [0.15, 0.2) is 72.8 Å². The van der Waals surface area contributed by atoms with Crippen molar-refractivity contribution < 1.29 is 14.7 Å². The van der Waals surface area contributed by atoms with E-state index in [1.165, 1.54) is 23.1 Å². The maximum atomic E-state index is 13.4. The van der Waals surface area contributed by atoms with Gasteiger partial charge in [0, 0.05) is 18.0 Å². The number of carboxylic acids is 1. The molecule has 0 spiro atoms. The quantitative estimate of drug-likeness (QED) is 0.533. The smallest absolute Gasteiger partial charge is 0.326 e. The van der Waals surface area contributed by atoms with Gasteiger partial charge in [0.05, 0.1) is 22.2 Å². The SMILES string of the molecule is N#Cc1cccc(CN(C(=O)c2ccc(Cl)cc2Cl)C(Cc2ccccc2)C(=O)O)c1. The average molecular weight is 453 g/mol. The van der Waals surface area contributed by atoms with Crippen molar-refractivity contribution in [3.63, 3.8) is 0 Å². The molecule has 3 aromatic rings. The van der Waals surface area contributed by atoms with E-state index >= 15 is 0 Å². The summed E-state index contributed by atoms with van der Waals surface area (Å²) in [6, 6.07) is 21.1. The van der Waals surface area contributed by atoms with E-state index < -0.39 is 17.9 Å². The van der Waals surface area contributed by atoms with Crippen LogP contribution in [-0.2, 0) is 17.8 Å². The van der Waals surface area contributed by atoms with Crippen molar-refractivity contribution in [1.82, 2.24) is 4.90 Å². The Morgan fingerprint density at radius 2 is 1.68 bits per heavy atom. The fourth-order valence-electron chi connectivity index (χ4n) is 3.25. The minimum atomic E-state index is -1.15. The molecule has 31 heavy (non-hydrogen) atoms. The molecule has 5 nitrogen and oxygen atoms in total. The van der Waals surface area contributed by atoms with Gasteiger partial charge in [0.1, 0.15) is 6.04 Å². The molecular formula is C24H18Cl2N2O3. The van der Waals surface area contributed by atoms with Crippen molar-refractivity contribution >= 4 is 35.1 Å². The van der Waals surface area contributed by atoms with E-state index in [-0.39, 0.29) is 23.6 Å². The summed E-state index contributed by atoms with van der Waals surface area (Å²) in [5.41, 5.74) is 1.99. The lowest BCUT2D eigenvalue weighted by Gasteiger charge is -2.30. The van der Waals surface area contributed by atoms with Crippen molar-refractivity contribution in [1.29, 1.82) is 5.26 Å². The number of hydrogen-bond donors (Lipinski definition) is 1. The number of rotatable bonds is 7. The van der Waals surface area contributed by atoms with Gasteiger partial charge in [-0.3, -0.25) is 4.79 Å². The number of nitriles is 1. The number of carboxylic acid groups (broad SMARTS) is 1. The molecule has 156 valence electrons. The number of benzene rings is 3. The fourth-order valence-corrected chi connectivity index (χ4v) is 3.73. The zero-order valence-electron chi connectivity index (χ0n) is 16.3. The third-order valence-corrected chi connectivity index (χ3v) is 5.31. The van der Waals surface area contributed by atoms with Gasteiger partial charge in [-0.1, -0.05) is 65.7 Å². The molecule has 1 amide bonds. The van der Waals surface area contributed by atoms with Crippen molar-refractivity contribution in [3.8, 4) is 6.07 Å². The number of halogens is 2. The number of carbonyl (C=O) groups is 2. The van der Waals surface area contributed by atoms with E-state index in [4.69, 9.17) is 23.2 Å². The van der Waals surface area contributed by atoms with Crippen LogP contribution in [-0.4, -0.2) is 27.9 Å². The Balaban J connectivity index is 2.03. The Morgan fingerprint density at radius 3 is 2.32 bits per heavy atom. The largest absolute Gasteiger partial charge is 0.480 e. The molecule has 0 aliphatic carbocycles. The minimum absolute atomic E-state index is 0.00287. The molecule has 3 rings (SSSR count). The molecule has 0 bridgehead atoms. The predicted molar refractivity (Wildman–Crippen MR) is 119 cm³/mol. The molecule has 1 unspecified atom stereocenters. The maximum absolute atomic E-state index is 13.4. The molecule has 0 aliphatic rings. The van der Waals surface area contributed by atoms with Crippen LogP contribution in [0.25, 0.3) is 0 Å². The average Bonchev–Trinajstić information content (AvgIpc) is 2.76. The summed E-state index contributed by atoms with van der Waals surface area (Å²) >= 11 is 12.2. The van der Waals surface area contributed by atoms with Crippen LogP contribution < -0.4 is 0 Å². The molecule has 3 aromatic carbocycles. The van der Waals surface area contributed by atoms with Crippen LogP contribution in [0.2, 0.25) is 10.0 Å². The van der Waals surface area contributed by atoms with Gasteiger partial charge in [-0.15, -0.1) is 0 Å². The van der Waals surface area contributed by atoms with E-state index in [2.05, 4.69) is 6.07 Å². The van der Waals surface area contributed by atoms with E-state index in [9.17, 15) is 20.0 Å². The number of carbonyl (C=O) groups excluding carboxylic acids is 1. The molecule has 0 aromatic heterocycles. The second-order valence-electron chi connectivity index (χ2n) is 6.91. The molecule has 0 heterocycles. The maximum Gasteiger partial charge on any atom is 0.326 e. The lowest BCUT2D eigenvalue weighted by molar-refractivity contribution is -0.142. The first-order valence-corrected chi connectivity index (χ1v) is 10.2. The van der Waals surface area contributed by atoms with E-state index in [0.29, 0.717) is 16.1 Å². The summed E-state index contributed by atoms with van der Waals surface area (Å²) in [7, 11) is 0. The summed E-state index contributed by atoms with van der Waals surface area (Å²) in [5, 5.41) is 19.7. The summed E-state index contributed by atoms with van der Waals surface area (Å²) in [5.74, 6) is -1.67. The molecule has 1 atom stereocenters. The van der Waals surface area contributed by atoms with Gasteiger partial charge in [0.2, 0.25) is 0 Å². The van der Waals surface area contributed by atoms with Crippen molar-refractivity contribution in [2.45, 2.75) is 19.0 Å². The Hall–Kier alpha value is -3.33. The third-order valence-electron chi connectivity index (χ3n) is 4.76. The van der Waals surface area contributed by atoms with Crippen molar-refractivity contribution in [2.24, 2.45) is 0 Å². The molecule has 0 saturated heterocycles. The molecule has 0 saturated carbocycles. The van der Waals surface area contributed by atoms with Gasteiger partial charge in [-0.05, 0) is 41.5 Å². The number of aliphatic carboxylic acids is 1. The summed E-state index contributed by atoms with van der Waals surface area (Å²) in [6.07, 6.45) is 0.116.